The molecule has 0 radical (unpaired) electrons. The third kappa shape index (κ3) is 3.71. The average Bonchev–Trinajstić information content (AvgIpc) is 2.66. The first-order valence-corrected chi connectivity index (χ1v) is 5.16. The molecule has 3 N–H and O–H groups in total. The van der Waals surface area contributed by atoms with Gasteiger partial charge in [0.05, 0.1) is 12.6 Å². The summed E-state index contributed by atoms with van der Waals surface area (Å²) >= 11 is 0. The molecule has 0 aromatic carbocycles. The van der Waals surface area contributed by atoms with Crippen LogP contribution in [-0.2, 0) is 11.3 Å². The van der Waals surface area contributed by atoms with Gasteiger partial charge in [-0.3, -0.25) is 9.48 Å². The van der Waals surface area contributed by atoms with Crippen molar-refractivity contribution in [3.05, 3.63) is 18.5 Å². The number of nitrogens with zero attached hydrogens (tertiary/aromatic N) is 2. The third-order valence-electron chi connectivity index (χ3n) is 2.26. The molecule has 84 valence electrons. The lowest BCUT2D eigenvalue weighted by molar-refractivity contribution is -0.120. The minimum atomic E-state index is -0.301. The van der Waals surface area contributed by atoms with E-state index in [4.69, 9.17) is 5.73 Å². The Bertz CT molecular complexity index is 296. The Morgan fingerprint density at radius 3 is 2.87 bits per heavy atom. The number of hydrogen-bond donors (Lipinski definition) is 2. The quantitative estimate of drug-likeness (QED) is 0.700. The molecule has 2 unspecified atom stereocenters. The summed E-state index contributed by atoms with van der Waals surface area (Å²) in [7, 11) is 0. The molecule has 0 aliphatic heterocycles. The van der Waals surface area contributed by atoms with Crippen molar-refractivity contribution in [3.8, 4) is 0 Å². The van der Waals surface area contributed by atoms with Gasteiger partial charge in [-0.1, -0.05) is 6.92 Å². The van der Waals surface area contributed by atoms with Gasteiger partial charge in [-0.15, -0.1) is 0 Å². The second-order valence-electron chi connectivity index (χ2n) is 3.66. The normalized spacial score (nSPS) is 14.8. The standard InChI is InChI=1S/C10H18N4O/c1-3-9(10(11)15)13-8(2)7-14-6-4-5-12-14/h4-6,8-9,13H,3,7H2,1-2H3,(H2,11,15). The van der Waals surface area contributed by atoms with Crippen LogP contribution >= 0.6 is 0 Å². The van der Waals surface area contributed by atoms with Crippen LogP contribution in [0.25, 0.3) is 0 Å². The first-order chi connectivity index (χ1) is 7.13. The third-order valence-corrected chi connectivity index (χ3v) is 2.26. The highest BCUT2D eigenvalue weighted by Gasteiger charge is 2.15. The summed E-state index contributed by atoms with van der Waals surface area (Å²) in [6, 6.07) is 1.79. The molecule has 1 rings (SSSR count). The van der Waals surface area contributed by atoms with Gasteiger partial charge in [0.15, 0.2) is 0 Å². The monoisotopic (exact) mass is 210 g/mol. The lowest BCUT2D eigenvalue weighted by Gasteiger charge is -2.19. The van der Waals surface area contributed by atoms with Crippen molar-refractivity contribution >= 4 is 5.91 Å². The van der Waals surface area contributed by atoms with E-state index < -0.39 is 0 Å². The van der Waals surface area contributed by atoms with Crippen molar-refractivity contribution in [2.75, 3.05) is 0 Å². The van der Waals surface area contributed by atoms with Gasteiger partial charge in [0.25, 0.3) is 0 Å². The smallest absolute Gasteiger partial charge is 0.234 e. The summed E-state index contributed by atoms with van der Waals surface area (Å²) in [4.78, 5) is 11.0. The highest BCUT2D eigenvalue weighted by atomic mass is 16.1. The van der Waals surface area contributed by atoms with Crippen molar-refractivity contribution in [1.29, 1.82) is 0 Å². The second kappa shape index (κ2) is 5.50. The average molecular weight is 210 g/mol. The summed E-state index contributed by atoms with van der Waals surface area (Å²) in [6.45, 7) is 4.67. The topological polar surface area (TPSA) is 72.9 Å². The number of hydrogen-bond acceptors (Lipinski definition) is 3. The van der Waals surface area contributed by atoms with E-state index in [1.807, 2.05) is 30.8 Å². The van der Waals surface area contributed by atoms with Crippen LogP contribution in [0.2, 0.25) is 0 Å². The molecular formula is C10H18N4O. The van der Waals surface area contributed by atoms with Gasteiger partial charge in [-0.25, -0.2) is 0 Å². The largest absolute Gasteiger partial charge is 0.368 e. The number of amides is 1. The number of aromatic nitrogens is 2. The van der Waals surface area contributed by atoms with Gasteiger partial charge in [0.2, 0.25) is 5.91 Å². The summed E-state index contributed by atoms with van der Waals surface area (Å²) in [5.41, 5.74) is 5.25. The zero-order valence-corrected chi connectivity index (χ0v) is 9.18. The molecule has 0 fully saturated rings. The lowest BCUT2D eigenvalue weighted by Crippen LogP contribution is -2.46. The number of primary amides is 1. The molecule has 1 aromatic rings. The fourth-order valence-corrected chi connectivity index (χ4v) is 1.49. The molecule has 0 spiro atoms. The molecule has 1 aromatic heterocycles. The van der Waals surface area contributed by atoms with Crippen LogP contribution in [0.4, 0.5) is 0 Å². The van der Waals surface area contributed by atoms with E-state index in [1.165, 1.54) is 0 Å². The van der Waals surface area contributed by atoms with Gasteiger partial charge >= 0.3 is 0 Å². The maximum absolute atomic E-state index is 11.0. The van der Waals surface area contributed by atoms with Crippen molar-refractivity contribution < 1.29 is 4.79 Å². The Hall–Kier alpha value is -1.36. The first kappa shape index (κ1) is 11.7. The van der Waals surface area contributed by atoms with E-state index in [2.05, 4.69) is 10.4 Å². The molecule has 0 saturated carbocycles. The highest BCUT2D eigenvalue weighted by molar-refractivity contribution is 5.79. The first-order valence-electron chi connectivity index (χ1n) is 5.16. The number of carbonyl (C=O) groups excluding carboxylic acids is 1. The number of rotatable bonds is 6. The molecule has 2 atom stereocenters. The SMILES string of the molecule is CCC(NC(C)Cn1cccn1)C(N)=O. The van der Waals surface area contributed by atoms with E-state index in [1.54, 1.807) is 6.20 Å². The summed E-state index contributed by atoms with van der Waals surface area (Å²) in [6.07, 6.45) is 4.33. The molecule has 0 bridgehead atoms. The van der Waals surface area contributed by atoms with Crippen LogP contribution < -0.4 is 11.1 Å². The Kier molecular flexibility index (Phi) is 4.30. The number of nitrogens with one attached hydrogen (secondary N) is 1. The molecule has 1 heterocycles. The zero-order valence-electron chi connectivity index (χ0n) is 9.18. The highest BCUT2D eigenvalue weighted by Crippen LogP contribution is 1.96. The maximum Gasteiger partial charge on any atom is 0.234 e. The maximum atomic E-state index is 11.0. The summed E-state index contributed by atoms with van der Waals surface area (Å²) in [5, 5.41) is 7.26. The fourth-order valence-electron chi connectivity index (χ4n) is 1.49. The van der Waals surface area contributed by atoms with Crippen molar-refractivity contribution in [2.45, 2.75) is 38.9 Å². The Morgan fingerprint density at radius 1 is 1.67 bits per heavy atom. The van der Waals surface area contributed by atoms with Gasteiger partial charge in [0, 0.05) is 18.4 Å². The Labute approximate surface area is 89.6 Å². The van der Waals surface area contributed by atoms with Gasteiger partial charge in [0.1, 0.15) is 0 Å². The lowest BCUT2D eigenvalue weighted by atomic mass is 10.2. The van der Waals surface area contributed by atoms with Crippen LogP contribution in [0.3, 0.4) is 0 Å². The van der Waals surface area contributed by atoms with Crippen LogP contribution in [0.1, 0.15) is 20.3 Å². The number of carbonyl (C=O) groups is 1. The predicted molar refractivity (Wildman–Crippen MR) is 58.1 cm³/mol. The molecule has 15 heavy (non-hydrogen) atoms. The summed E-state index contributed by atoms with van der Waals surface area (Å²) in [5.74, 6) is -0.301. The van der Waals surface area contributed by atoms with E-state index in [0.717, 1.165) is 6.54 Å². The van der Waals surface area contributed by atoms with Gasteiger partial charge < -0.3 is 11.1 Å². The molecule has 5 nitrogen and oxygen atoms in total. The van der Waals surface area contributed by atoms with Gasteiger partial charge in [-0.05, 0) is 19.4 Å². The number of nitrogens with two attached hydrogens (primary N) is 1. The zero-order chi connectivity index (χ0) is 11.3. The van der Waals surface area contributed by atoms with E-state index in [9.17, 15) is 4.79 Å². The van der Waals surface area contributed by atoms with Crippen molar-refractivity contribution in [1.82, 2.24) is 15.1 Å². The van der Waals surface area contributed by atoms with Gasteiger partial charge in [-0.2, -0.15) is 5.10 Å². The van der Waals surface area contributed by atoms with Crippen LogP contribution in [0, 0.1) is 0 Å². The van der Waals surface area contributed by atoms with E-state index in [0.29, 0.717) is 6.42 Å². The molecule has 0 aliphatic rings. The van der Waals surface area contributed by atoms with Crippen molar-refractivity contribution in [2.24, 2.45) is 5.73 Å². The minimum Gasteiger partial charge on any atom is -0.368 e. The fraction of sp³-hybridized carbons (Fsp3) is 0.600. The van der Waals surface area contributed by atoms with Crippen LogP contribution in [-0.4, -0.2) is 27.8 Å². The molecular weight excluding hydrogens is 192 g/mol. The minimum absolute atomic E-state index is 0.169. The van der Waals surface area contributed by atoms with Crippen molar-refractivity contribution in [3.63, 3.8) is 0 Å². The molecule has 1 amide bonds. The van der Waals surface area contributed by atoms with E-state index >= 15 is 0 Å². The summed E-state index contributed by atoms with van der Waals surface area (Å²) < 4.78 is 1.82. The Balaban J connectivity index is 2.41. The predicted octanol–water partition coefficient (Wildman–Crippen LogP) is 0.125. The van der Waals surface area contributed by atoms with E-state index in [-0.39, 0.29) is 18.0 Å². The molecule has 0 aliphatic carbocycles. The van der Waals surface area contributed by atoms with Crippen LogP contribution in [0.5, 0.6) is 0 Å². The Morgan fingerprint density at radius 2 is 2.40 bits per heavy atom. The molecule has 5 heteroatoms. The second-order valence-corrected chi connectivity index (χ2v) is 3.66. The molecule has 0 saturated heterocycles. The van der Waals surface area contributed by atoms with Crippen LogP contribution in [0.15, 0.2) is 18.5 Å².